The topological polar surface area (TPSA) is 55.1 Å². The molecule has 5 heteroatoms. The Morgan fingerprint density at radius 3 is 2.88 bits per heavy atom. The fourth-order valence-electron chi connectivity index (χ4n) is 1.26. The van der Waals surface area contributed by atoms with Crippen molar-refractivity contribution in [3.05, 3.63) is 27.6 Å². The molecule has 1 rings (SSSR count). The fourth-order valence-corrected chi connectivity index (χ4v) is 1.87. The summed E-state index contributed by atoms with van der Waals surface area (Å²) in [6, 6.07) is 3.70. The van der Waals surface area contributed by atoms with Crippen LogP contribution >= 0.6 is 22.6 Å². The van der Waals surface area contributed by atoms with E-state index in [0.29, 0.717) is 15.7 Å². The van der Waals surface area contributed by atoms with Gasteiger partial charge in [0.05, 0.1) is 11.7 Å². The van der Waals surface area contributed by atoms with Gasteiger partial charge in [-0.15, -0.1) is 0 Å². The second-order valence-electron chi connectivity index (χ2n) is 3.51. The van der Waals surface area contributed by atoms with E-state index >= 15 is 0 Å². The number of benzene rings is 1. The molecule has 0 aliphatic heterocycles. The second-order valence-corrected chi connectivity index (χ2v) is 4.67. The van der Waals surface area contributed by atoms with Crippen LogP contribution in [0.15, 0.2) is 18.2 Å². The van der Waals surface area contributed by atoms with Crippen LogP contribution in [0.5, 0.6) is 0 Å². The summed E-state index contributed by atoms with van der Waals surface area (Å²) in [6.45, 7) is 1.97. The highest BCUT2D eigenvalue weighted by molar-refractivity contribution is 14.1. The Balaban J connectivity index is 2.69. The molecule has 88 valence electrons. The summed E-state index contributed by atoms with van der Waals surface area (Å²) in [5.74, 6) is -0.549. The molecular weight excluding hydrogens is 322 g/mol. The molecule has 0 aliphatic rings. The number of carbonyl (C=O) groups excluding carboxylic acids is 1. The standard InChI is InChI=1S/C11H14FIN2O/c1-2-3-9(14)11(16)15-10-5-4-7(12)6-8(10)13/h4-6,9H,2-3,14H2,1H3,(H,15,16)/t9-/m1/s1. The number of carbonyl (C=O) groups is 1. The van der Waals surface area contributed by atoms with Gasteiger partial charge in [-0.1, -0.05) is 13.3 Å². The van der Waals surface area contributed by atoms with Gasteiger partial charge < -0.3 is 11.1 Å². The van der Waals surface area contributed by atoms with Crippen molar-refractivity contribution in [2.75, 3.05) is 5.32 Å². The van der Waals surface area contributed by atoms with Gasteiger partial charge >= 0.3 is 0 Å². The lowest BCUT2D eigenvalue weighted by Crippen LogP contribution is -2.35. The molecule has 0 bridgehead atoms. The minimum atomic E-state index is -0.508. The van der Waals surface area contributed by atoms with Crippen LogP contribution in [-0.4, -0.2) is 11.9 Å². The van der Waals surface area contributed by atoms with Crippen molar-refractivity contribution in [1.29, 1.82) is 0 Å². The van der Waals surface area contributed by atoms with Crippen LogP contribution in [0, 0.1) is 9.39 Å². The number of nitrogens with two attached hydrogens (primary N) is 1. The molecule has 3 N–H and O–H groups in total. The van der Waals surface area contributed by atoms with Gasteiger partial charge in [-0.2, -0.15) is 0 Å². The van der Waals surface area contributed by atoms with Crippen molar-refractivity contribution in [3.63, 3.8) is 0 Å². The Labute approximate surface area is 108 Å². The van der Waals surface area contributed by atoms with Crippen molar-refractivity contribution >= 4 is 34.2 Å². The molecule has 0 aliphatic carbocycles. The smallest absolute Gasteiger partial charge is 0.241 e. The molecule has 1 aromatic carbocycles. The van der Waals surface area contributed by atoms with E-state index in [-0.39, 0.29) is 11.7 Å². The van der Waals surface area contributed by atoms with Crippen LogP contribution < -0.4 is 11.1 Å². The summed E-state index contributed by atoms with van der Waals surface area (Å²) in [5.41, 5.74) is 6.26. The largest absolute Gasteiger partial charge is 0.324 e. The maximum atomic E-state index is 12.8. The zero-order chi connectivity index (χ0) is 12.1. The van der Waals surface area contributed by atoms with E-state index in [1.54, 1.807) is 0 Å². The molecule has 1 atom stereocenters. The Bertz CT molecular complexity index is 384. The molecular formula is C11H14FIN2O. The molecule has 0 saturated heterocycles. The van der Waals surface area contributed by atoms with E-state index in [9.17, 15) is 9.18 Å². The average molecular weight is 336 g/mol. The maximum Gasteiger partial charge on any atom is 0.241 e. The predicted molar refractivity (Wildman–Crippen MR) is 70.6 cm³/mol. The van der Waals surface area contributed by atoms with E-state index < -0.39 is 6.04 Å². The molecule has 0 aromatic heterocycles. The number of hydrogen-bond donors (Lipinski definition) is 2. The summed E-state index contributed by atoms with van der Waals surface area (Å²) in [4.78, 5) is 11.6. The molecule has 3 nitrogen and oxygen atoms in total. The summed E-state index contributed by atoms with van der Waals surface area (Å²) in [5, 5.41) is 2.68. The van der Waals surface area contributed by atoms with Crippen molar-refractivity contribution in [3.8, 4) is 0 Å². The predicted octanol–water partition coefficient (Wildman–Crippen LogP) is 2.50. The highest BCUT2D eigenvalue weighted by atomic mass is 127. The van der Waals surface area contributed by atoms with Crippen LogP contribution in [0.4, 0.5) is 10.1 Å². The first-order valence-electron chi connectivity index (χ1n) is 5.06. The molecule has 0 unspecified atom stereocenters. The van der Waals surface area contributed by atoms with Crippen LogP contribution in [0.2, 0.25) is 0 Å². The molecule has 0 fully saturated rings. The Morgan fingerprint density at radius 1 is 1.62 bits per heavy atom. The first-order valence-corrected chi connectivity index (χ1v) is 6.14. The Kier molecular flexibility index (Phi) is 5.14. The van der Waals surface area contributed by atoms with Crippen molar-refractivity contribution < 1.29 is 9.18 Å². The molecule has 1 amide bonds. The highest BCUT2D eigenvalue weighted by Gasteiger charge is 2.13. The second kappa shape index (κ2) is 6.15. The molecule has 0 spiro atoms. The molecule has 0 heterocycles. The lowest BCUT2D eigenvalue weighted by Gasteiger charge is -2.12. The molecule has 1 aromatic rings. The van der Waals surface area contributed by atoms with Crippen LogP contribution in [-0.2, 0) is 4.79 Å². The zero-order valence-electron chi connectivity index (χ0n) is 8.97. The minimum Gasteiger partial charge on any atom is -0.324 e. The maximum absolute atomic E-state index is 12.8. The Morgan fingerprint density at radius 2 is 2.31 bits per heavy atom. The van der Waals surface area contributed by atoms with E-state index in [1.165, 1.54) is 18.2 Å². The zero-order valence-corrected chi connectivity index (χ0v) is 11.1. The summed E-state index contributed by atoms with van der Waals surface area (Å²) in [7, 11) is 0. The number of amides is 1. The van der Waals surface area contributed by atoms with E-state index in [2.05, 4.69) is 5.32 Å². The number of hydrogen-bond acceptors (Lipinski definition) is 2. The first kappa shape index (κ1) is 13.4. The van der Waals surface area contributed by atoms with Gasteiger partial charge in [-0.3, -0.25) is 4.79 Å². The number of rotatable bonds is 4. The van der Waals surface area contributed by atoms with Gasteiger partial charge in [0.1, 0.15) is 5.82 Å². The molecule has 16 heavy (non-hydrogen) atoms. The summed E-state index contributed by atoms with van der Waals surface area (Å²) < 4.78 is 13.5. The van der Waals surface area contributed by atoms with Crippen molar-refractivity contribution in [2.24, 2.45) is 5.73 Å². The monoisotopic (exact) mass is 336 g/mol. The van der Waals surface area contributed by atoms with Crippen LogP contribution in [0.25, 0.3) is 0 Å². The quantitative estimate of drug-likeness (QED) is 0.830. The average Bonchev–Trinajstić information content (AvgIpc) is 2.22. The van der Waals surface area contributed by atoms with E-state index in [4.69, 9.17) is 5.73 Å². The van der Waals surface area contributed by atoms with Gasteiger partial charge in [0.25, 0.3) is 0 Å². The Hall–Kier alpha value is -0.690. The highest BCUT2D eigenvalue weighted by Crippen LogP contribution is 2.19. The lowest BCUT2D eigenvalue weighted by atomic mass is 10.1. The summed E-state index contributed by atoms with van der Waals surface area (Å²) >= 11 is 1.97. The van der Waals surface area contributed by atoms with Crippen molar-refractivity contribution in [1.82, 2.24) is 0 Å². The van der Waals surface area contributed by atoms with Gasteiger partial charge in [0.2, 0.25) is 5.91 Å². The molecule has 0 saturated carbocycles. The first-order chi connectivity index (χ1) is 7.54. The summed E-state index contributed by atoms with van der Waals surface area (Å²) in [6.07, 6.45) is 1.50. The van der Waals surface area contributed by atoms with E-state index in [1.807, 2.05) is 29.5 Å². The third kappa shape index (κ3) is 3.71. The number of anilines is 1. The van der Waals surface area contributed by atoms with Crippen LogP contribution in [0.3, 0.4) is 0 Å². The third-order valence-electron chi connectivity index (χ3n) is 2.13. The number of halogens is 2. The van der Waals surface area contributed by atoms with Gasteiger partial charge in [-0.05, 0) is 47.2 Å². The van der Waals surface area contributed by atoms with Crippen LogP contribution in [0.1, 0.15) is 19.8 Å². The molecule has 0 radical (unpaired) electrons. The fraction of sp³-hybridized carbons (Fsp3) is 0.364. The van der Waals surface area contributed by atoms with Crippen molar-refractivity contribution in [2.45, 2.75) is 25.8 Å². The normalized spacial score (nSPS) is 12.2. The minimum absolute atomic E-state index is 0.230. The van der Waals surface area contributed by atoms with Gasteiger partial charge in [0.15, 0.2) is 0 Å². The van der Waals surface area contributed by atoms with Gasteiger partial charge in [-0.25, -0.2) is 4.39 Å². The SMILES string of the molecule is CCC[C@@H](N)C(=O)Nc1ccc(F)cc1I. The lowest BCUT2D eigenvalue weighted by molar-refractivity contribution is -0.117. The van der Waals surface area contributed by atoms with E-state index in [0.717, 1.165) is 6.42 Å². The third-order valence-corrected chi connectivity index (χ3v) is 3.02. The number of nitrogens with one attached hydrogen (secondary N) is 1. The van der Waals surface area contributed by atoms with Gasteiger partial charge in [0, 0.05) is 3.57 Å².